The second-order valence-electron chi connectivity index (χ2n) is 7.46. The summed E-state index contributed by atoms with van der Waals surface area (Å²) in [5.41, 5.74) is 1.26. The summed E-state index contributed by atoms with van der Waals surface area (Å²) in [5.74, 6) is 1.41. The molecule has 2 rings (SSSR count). The zero-order valence-electron chi connectivity index (χ0n) is 16.7. The van der Waals surface area contributed by atoms with Gasteiger partial charge in [-0.3, -0.25) is 0 Å². The molecule has 1 N–H and O–H groups in total. The van der Waals surface area contributed by atoms with Gasteiger partial charge in [-0.05, 0) is 55.9 Å². The maximum absolute atomic E-state index is 10.1. The van der Waals surface area contributed by atoms with Crippen LogP contribution < -0.4 is 9.64 Å². The molecule has 2 unspecified atom stereocenters. The molecule has 2 atom stereocenters. The Labute approximate surface area is 159 Å². The lowest BCUT2D eigenvalue weighted by atomic mass is 10.0. The monoisotopic (exact) mass is 363 g/mol. The third-order valence-electron chi connectivity index (χ3n) is 5.21. The van der Waals surface area contributed by atoms with Crippen molar-refractivity contribution in [2.24, 2.45) is 5.92 Å². The Bertz CT molecular complexity index is 471. The maximum atomic E-state index is 10.1. The van der Waals surface area contributed by atoms with Crippen molar-refractivity contribution in [2.75, 3.05) is 37.8 Å². The van der Waals surface area contributed by atoms with Gasteiger partial charge in [-0.2, -0.15) is 0 Å². The summed E-state index contributed by atoms with van der Waals surface area (Å²) in [7, 11) is 0. The number of aliphatic hydroxyl groups is 1. The van der Waals surface area contributed by atoms with Crippen LogP contribution in [0.15, 0.2) is 24.3 Å². The van der Waals surface area contributed by atoms with E-state index in [0.29, 0.717) is 12.5 Å². The maximum Gasteiger partial charge on any atom is 0.119 e. The molecule has 0 amide bonds. The fourth-order valence-electron chi connectivity index (χ4n) is 3.41. The van der Waals surface area contributed by atoms with Crippen LogP contribution in [0.1, 0.15) is 58.8 Å². The SMILES string of the molecule is CCCCC(CC)COCC(O)COc1ccc(N2CCCCC2)cc1. The number of hydrogen-bond donors (Lipinski definition) is 1. The van der Waals surface area contributed by atoms with Crippen molar-refractivity contribution < 1.29 is 14.6 Å². The van der Waals surface area contributed by atoms with Crippen molar-refractivity contribution in [3.05, 3.63) is 24.3 Å². The second kappa shape index (κ2) is 12.2. The zero-order valence-corrected chi connectivity index (χ0v) is 16.7. The first-order valence-electron chi connectivity index (χ1n) is 10.5. The average molecular weight is 364 g/mol. The van der Waals surface area contributed by atoms with E-state index in [9.17, 15) is 5.11 Å². The van der Waals surface area contributed by atoms with Crippen LogP contribution in [-0.4, -0.2) is 44.1 Å². The minimum absolute atomic E-state index is 0.273. The van der Waals surface area contributed by atoms with E-state index in [2.05, 4.69) is 30.9 Å². The average Bonchev–Trinajstić information content (AvgIpc) is 2.70. The van der Waals surface area contributed by atoms with Crippen LogP contribution >= 0.6 is 0 Å². The van der Waals surface area contributed by atoms with Gasteiger partial charge in [0, 0.05) is 25.4 Å². The molecule has 4 nitrogen and oxygen atoms in total. The van der Waals surface area contributed by atoms with Gasteiger partial charge in [-0.25, -0.2) is 0 Å². The van der Waals surface area contributed by atoms with Crippen LogP contribution in [0, 0.1) is 5.92 Å². The summed E-state index contributed by atoms with van der Waals surface area (Å²) in [6.07, 6.45) is 8.14. The first-order valence-corrected chi connectivity index (χ1v) is 10.5. The van der Waals surface area contributed by atoms with Gasteiger partial charge in [0.05, 0.1) is 6.61 Å². The summed E-state index contributed by atoms with van der Waals surface area (Å²) in [5, 5.41) is 10.1. The highest BCUT2D eigenvalue weighted by atomic mass is 16.5. The Morgan fingerprint density at radius 3 is 2.38 bits per heavy atom. The normalized spacial score (nSPS) is 17.1. The van der Waals surface area contributed by atoms with Crippen LogP contribution in [-0.2, 0) is 4.74 Å². The third kappa shape index (κ3) is 7.55. The summed E-state index contributed by atoms with van der Waals surface area (Å²) in [6.45, 7) is 8.06. The van der Waals surface area contributed by atoms with E-state index in [1.807, 2.05) is 12.1 Å². The molecule has 1 aromatic carbocycles. The van der Waals surface area contributed by atoms with Crippen LogP contribution in [0.2, 0.25) is 0 Å². The smallest absolute Gasteiger partial charge is 0.119 e. The molecule has 0 aromatic heterocycles. The van der Waals surface area contributed by atoms with E-state index in [-0.39, 0.29) is 6.61 Å². The number of hydrogen-bond acceptors (Lipinski definition) is 4. The standard InChI is InChI=1S/C22H37NO3/c1-3-5-9-19(4-2)16-25-17-21(24)18-26-22-12-10-20(11-13-22)23-14-7-6-8-15-23/h10-13,19,21,24H,3-9,14-18H2,1-2H3. The Morgan fingerprint density at radius 1 is 1.00 bits per heavy atom. The fourth-order valence-corrected chi connectivity index (χ4v) is 3.41. The number of benzene rings is 1. The van der Waals surface area contributed by atoms with E-state index in [0.717, 1.165) is 31.9 Å². The zero-order chi connectivity index (χ0) is 18.6. The minimum atomic E-state index is -0.583. The van der Waals surface area contributed by atoms with Gasteiger partial charge in [0.1, 0.15) is 18.5 Å². The highest BCUT2D eigenvalue weighted by Gasteiger charge is 2.12. The first-order chi connectivity index (χ1) is 12.7. The summed E-state index contributed by atoms with van der Waals surface area (Å²) >= 11 is 0. The van der Waals surface area contributed by atoms with E-state index >= 15 is 0 Å². The van der Waals surface area contributed by atoms with Crippen molar-refractivity contribution in [3.8, 4) is 5.75 Å². The second-order valence-corrected chi connectivity index (χ2v) is 7.46. The molecule has 1 aliphatic rings. The molecule has 148 valence electrons. The molecule has 1 fully saturated rings. The van der Waals surface area contributed by atoms with E-state index in [1.54, 1.807) is 0 Å². The summed E-state index contributed by atoms with van der Waals surface area (Å²) < 4.78 is 11.4. The van der Waals surface area contributed by atoms with E-state index in [1.165, 1.54) is 44.2 Å². The molecule has 0 bridgehead atoms. The lowest BCUT2D eigenvalue weighted by Gasteiger charge is -2.28. The van der Waals surface area contributed by atoms with Gasteiger partial charge in [0.15, 0.2) is 0 Å². The first kappa shape index (κ1) is 21.0. The van der Waals surface area contributed by atoms with Crippen LogP contribution in [0.5, 0.6) is 5.75 Å². The van der Waals surface area contributed by atoms with E-state index < -0.39 is 6.10 Å². The van der Waals surface area contributed by atoms with Gasteiger partial charge in [-0.15, -0.1) is 0 Å². The Morgan fingerprint density at radius 2 is 1.73 bits per heavy atom. The van der Waals surface area contributed by atoms with Crippen LogP contribution in [0.4, 0.5) is 5.69 Å². The number of unbranched alkanes of at least 4 members (excludes halogenated alkanes) is 1. The number of nitrogens with zero attached hydrogens (tertiary/aromatic N) is 1. The fraction of sp³-hybridized carbons (Fsp3) is 0.727. The molecular formula is C22H37NO3. The van der Waals surface area contributed by atoms with Gasteiger partial charge >= 0.3 is 0 Å². The quantitative estimate of drug-likeness (QED) is 0.587. The van der Waals surface area contributed by atoms with Gasteiger partial charge in [0.2, 0.25) is 0 Å². The molecule has 1 aliphatic heterocycles. The number of aliphatic hydroxyl groups excluding tert-OH is 1. The molecule has 0 radical (unpaired) electrons. The molecule has 26 heavy (non-hydrogen) atoms. The number of rotatable bonds is 12. The number of anilines is 1. The van der Waals surface area contributed by atoms with Crippen molar-refractivity contribution in [3.63, 3.8) is 0 Å². The van der Waals surface area contributed by atoms with E-state index in [4.69, 9.17) is 9.47 Å². The summed E-state index contributed by atoms with van der Waals surface area (Å²) in [4.78, 5) is 2.43. The van der Waals surface area contributed by atoms with Crippen molar-refractivity contribution >= 4 is 5.69 Å². The molecule has 0 aliphatic carbocycles. The van der Waals surface area contributed by atoms with Crippen LogP contribution in [0.25, 0.3) is 0 Å². The minimum Gasteiger partial charge on any atom is -0.491 e. The predicted molar refractivity (Wildman–Crippen MR) is 108 cm³/mol. The van der Waals surface area contributed by atoms with Gasteiger partial charge in [0.25, 0.3) is 0 Å². The number of ether oxygens (including phenoxy) is 2. The molecule has 1 saturated heterocycles. The van der Waals surface area contributed by atoms with Gasteiger partial charge in [-0.1, -0.05) is 33.1 Å². The molecule has 0 spiro atoms. The lowest BCUT2D eigenvalue weighted by Crippen LogP contribution is -2.29. The highest BCUT2D eigenvalue weighted by Crippen LogP contribution is 2.22. The van der Waals surface area contributed by atoms with Crippen molar-refractivity contribution in [2.45, 2.75) is 64.9 Å². The molecule has 1 heterocycles. The molecular weight excluding hydrogens is 326 g/mol. The van der Waals surface area contributed by atoms with Gasteiger partial charge < -0.3 is 19.5 Å². The van der Waals surface area contributed by atoms with Crippen molar-refractivity contribution in [1.29, 1.82) is 0 Å². The molecule has 4 heteroatoms. The Balaban J connectivity index is 1.64. The topological polar surface area (TPSA) is 41.9 Å². The Kier molecular flexibility index (Phi) is 9.86. The predicted octanol–water partition coefficient (Wildman–Crippen LogP) is 4.65. The van der Waals surface area contributed by atoms with Crippen LogP contribution in [0.3, 0.4) is 0 Å². The summed E-state index contributed by atoms with van der Waals surface area (Å²) in [6, 6.07) is 8.22. The van der Waals surface area contributed by atoms with Crippen molar-refractivity contribution in [1.82, 2.24) is 0 Å². The molecule has 1 aromatic rings. The highest BCUT2D eigenvalue weighted by molar-refractivity contribution is 5.49. The largest absolute Gasteiger partial charge is 0.491 e. The third-order valence-corrected chi connectivity index (χ3v) is 5.21. The Hall–Kier alpha value is -1.26. The lowest BCUT2D eigenvalue weighted by molar-refractivity contribution is -0.00109. The molecule has 0 saturated carbocycles. The number of piperidine rings is 1.